The van der Waals surface area contributed by atoms with E-state index in [1.54, 1.807) is 18.2 Å². The van der Waals surface area contributed by atoms with Crippen molar-refractivity contribution >= 4 is 5.84 Å². The molecule has 0 saturated heterocycles. The molecule has 0 aliphatic heterocycles. The molecule has 14 heavy (non-hydrogen) atoms. The number of nitrogens with two attached hydrogens (primary N) is 1. The van der Waals surface area contributed by atoms with E-state index >= 15 is 0 Å². The van der Waals surface area contributed by atoms with E-state index in [9.17, 15) is 4.39 Å². The molecule has 0 unspecified atom stereocenters. The number of nitrogens with zero attached hydrogens (tertiary/aromatic N) is 1. The lowest BCUT2D eigenvalue weighted by molar-refractivity contribution is 0.616. The zero-order chi connectivity index (χ0) is 10.4. The molecule has 0 aliphatic carbocycles. The Morgan fingerprint density at radius 2 is 2.14 bits per heavy atom. The van der Waals surface area contributed by atoms with Crippen LogP contribution in [0.2, 0.25) is 0 Å². The van der Waals surface area contributed by atoms with Gasteiger partial charge in [-0.05, 0) is 18.1 Å². The zero-order valence-electron chi connectivity index (χ0n) is 8.33. The minimum atomic E-state index is -0.220. The van der Waals surface area contributed by atoms with Crippen molar-refractivity contribution in [3.63, 3.8) is 0 Å². The molecule has 0 atom stereocenters. The van der Waals surface area contributed by atoms with E-state index in [0.29, 0.717) is 24.4 Å². The monoisotopic (exact) mass is 194 g/mol. The van der Waals surface area contributed by atoms with E-state index in [4.69, 9.17) is 5.73 Å². The first-order valence-electron chi connectivity index (χ1n) is 4.76. The second-order valence-corrected chi connectivity index (χ2v) is 3.14. The second kappa shape index (κ2) is 5.37. The van der Waals surface area contributed by atoms with Crippen molar-refractivity contribution in [2.75, 3.05) is 6.54 Å². The highest BCUT2D eigenvalue weighted by molar-refractivity contribution is 5.82. The van der Waals surface area contributed by atoms with Gasteiger partial charge in [0.15, 0.2) is 0 Å². The summed E-state index contributed by atoms with van der Waals surface area (Å²) in [5.41, 5.74) is 6.25. The number of rotatable bonds is 4. The molecule has 3 heteroatoms. The van der Waals surface area contributed by atoms with Crippen LogP contribution in [0.25, 0.3) is 0 Å². The first-order valence-corrected chi connectivity index (χ1v) is 4.76. The molecule has 0 aliphatic rings. The Morgan fingerprint density at radius 1 is 1.43 bits per heavy atom. The molecule has 0 bridgehead atoms. The fourth-order valence-electron chi connectivity index (χ4n) is 1.15. The van der Waals surface area contributed by atoms with Crippen LogP contribution in [0.5, 0.6) is 0 Å². The quantitative estimate of drug-likeness (QED) is 0.578. The van der Waals surface area contributed by atoms with Gasteiger partial charge in [0, 0.05) is 13.0 Å². The van der Waals surface area contributed by atoms with Gasteiger partial charge in [0.25, 0.3) is 0 Å². The summed E-state index contributed by atoms with van der Waals surface area (Å²) in [5.74, 6) is 0.277. The summed E-state index contributed by atoms with van der Waals surface area (Å²) in [6.07, 6.45) is 1.35. The lowest BCUT2D eigenvalue weighted by Gasteiger charge is -2.02. The highest BCUT2D eigenvalue weighted by Crippen LogP contribution is 2.06. The van der Waals surface area contributed by atoms with Crippen molar-refractivity contribution in [3.05, 3.63) is 35.6 Å². The predicted octanol–water partition coefficient (Wildman–Crippen LogP) is 2.14. The van der Waals surface area contributed by atoms with Gasteiger partial charge in [0.05, 0.1) is 5.84 Å². The van der Waals surface area contributed by atoms with Gasteiger partial charge < -0.3 is 5.73 Å². The molecule has 1 rings (SSSR count). The standard InChI is InChI=1S/C11H15FN2/c1-2-7-14-11(13)8-9-5-3-4-6-10(9)12/h3-6H,2,7-8H2,1H3,(H2,13,14). The Labute approximate surface area is 83.7 Å². The minimum Gasteiger partial charge on any atom is -0.387 e. The smallest absolute Gasteiger partial charge is 0.126 e. The topological polar surface area (TPSA) is 38.4 Å². The summed E-state index contributed by atoms with van der Waals surface area (Å²) >= 11 is 0. The van der Waals surface area contributed by atoms with E-state index in [2.05, 4.69) is 4.99 Å². The molecule has 0 saturated carbocycles. The van der Waals surface area contributed by atoms with Crippen molar-refractivity contribution < 1.29 is 4.39 Å². The molecular weight excluding hydrogens is 179 g/mol. The van der Waals surface area contributed by atoms with Crippen LogP contribution in [0, 0.1) is 5.82 Å². The third-order valence-electron chi connectivity index (χ3n) is 1.87. The molecule has 76 valence electrons. The van der Waals surface area contributed by atoms with Gasteiger partial charge in [-0.15, -0.1) is 0 Å². The molecule has 0 amide bonds. The van der Waals surface area contributed by atoms with Crippen molar-refractivity contribution in [1.82, 2.24) is 0 Å². The second-order valence-electron chi connectivity index (χ2n) is 3.14. The lowest BCUT2D eigenvalue weighted by atomic mass is 10.1. The molecule has 2 N–H and O–H groups in total. The van der Waals surface area contributed by atoms with Crippen LogP contribution >= 0.6 is 0 Å². The Bertz CT molecular complexity index is 321. The van der Waals surface area contributed by atoms with Gasteiger partial charge in [-0.25, -0.2) is 4.39 Å². The SMILES string of the molecule is CCCN=C(N)Cc1ccccc1F. The Kier molecular flexibility index (Phi) is 4.11. The van der Waals surface area contributed by atoms with E-state index in [0.717, 1.165) is 6.42 Å². The average Bonchev–Trinajstić information content (AvgIpc) is 2.18. The molecule has 1 aromatic rings. The summed E-state index contributed by atoms with van der Waals surface area (Å²) in [6.45, 7) is 2.74. The number of aliphatic imine (C=N–C) groups is 1. The lowest BCUT2D eigenvalue weighted by Crippen LogP contribution is -2.16. The molecular formula is C11H15FN2. The maximum absolute atomic E-state index is 13.2. The third-order valence-corrected chi connectivity index (χ3v) is 1.87. The van der Waals surface area contributed by atoms with Crippen LogP contribution in [-0.2, 0) is 6.42 Å². The average molecular weight is 194 g/mol. The van der Waals surface area contributed by atoms with Gasteiger partial charge in [-0.3, -0.25) is 4.99 Å². The summed E-state index contributed by atoms with van der Waals surface area (Å²) < 4.78 is 13.2. The number of hydrogen-bond acceptors (Lipinski definition) is 1. The summed E-state index contributed by atoms with van der Waals surface area (Å²) in [4.78, 5) is 4.11. The van der Waals surface area contributed by atoms with Gasteiger partial charge in [-0.2, -0.15) is 0 Å². The molecule has 0 heterocycles. The van der Waals surface area contributed by atoms with Crippen molar-refractivity contribution in [2.24, 2.45) is 10.7 Å². The van der Waals surface area contributed by atoms with Crippen LogP contribution in [0.4, 0.5) is 4.39 Å². The van der Waals surface area contributed by atoms with Crippen LogP contribution in [-0.4, -0.2) is 12.4 Å². The highest BCUT2D eigenvalue weighted by Gasteiger charge is 2.01. The fourth-order valence-corrected chi connectivity index (χ4v) is 1.15. The zero-order valence-corrected chi connectivity index (χ0v) is 8.33. The maximum Gasteiger partial charge on any atom is 0.126 e. The van der Waals surface area contributed by atoms with Crippen LogP contribution in [0.15, 0.2) is 29.3 Å². The highest BCUT2D eigenvalue weighted by atomic mass is 19.1. The largest absolute Gasteiger partial charge is 0.387 e. The molecule has 0 fully saturated rings. The Balaban J connectivity index is 2.64. The minimum absolute atomic E-state index is 0.220. The van der Waals surface area contributed by atoms with E-state index < -0.39 is 0 Å². The maximum atomic E-state index is 13.2. The van der Waals surface area contributed by atoms with Crippen molar-refractivity contribution in [1.29, 1.82) is 0 Å². The first kappa shape index (κ1) is 10.7. The fraction of sp³-hybridized carbons (Fsp3) is 0.364. The van der Waals surface area contributed by atoms with E-state index in [-0.39, 0.29) is 5.82 Å². The Morgan fingerprint density at radius 3 is 2.79 bits per heavy atom. The van der Waals surface area contributed by atoms with Crippen molar-refractivity contribution in [3.8, 4) is 0 Å². The molecule has 0 radical (unpaired) electrons. The van der Waals surface area contributed by atoms with Gasteiger partial charge >= 0.3 is 0 Å². The molecule has 0 spiro atoms. The number of halogens is 1. The number of amidine groups is 1. The summed E-state index contributed by atoms with van der Waals surface area (Å²) in [7, 11) is 0. The number of hydrogen-bond donors (Lipinski definition) is 1. The predicted molar refractivity (Wildman–Crippen MR) is 56.9 cm³/mol. The van der Waals surface area contributed by atoms with Crippen molar-refractivity contribution in [2.45, 2.75) is 19.8 Å². The van der Waals surface area contributed by atoms with Gasteiger partial charge in [0.2, 0.25) is 0 Å². The summed E-state index contributed by atoms with van der Waals surface area (Å²) in [6, 6.07) is 6.62. The van der Waals surface area contributed by atoms with Gasteiger partial charge in [0.1, 0.15) is 5.82 Å². The van der Waals surface area contributed by atoms with Gasteiger partial charge in [-0.1, -0.05) is 25.1 Å². The van der Waals surface area contributed by atoms with Crippen LogP contribution in [0.3, 0.4) is 0 Å². The molecule has 2 nitrogen and oxygen atoms in total. The van der Waals surface area contributed by atoms with Crippen LogP contribution in [0.1, 0.15) is 18.9 Å². The number of benzene rings is 1. The molecule has 1 aromatic carbocycles. The van der Waals surface area contributed by atoms with Crippen LogP contribution < -0.4 is 5.73 Å². The van der Waals surface area contributed by atoms with E-state index in [1.165, 1.54) is 6.07 Å². The normalized spacial score (nSPS) is 11.7. The summed E-state index contributed by atoms with van der Waals surface area (Å²) in [5, 5.41) is 0. The Hall–Kier alpha value is -1.38. The first-order chi connectivity index (χ1) is 6.74. The van der Waals surface area contributed by atoms with E-state index in [1.807, 2.05) is 6.92 Å². The third kappa shape index (κ3) is 3.17. The molecule has 0 aromatic heterocycles.